The Morgan fingerprint density at radius 2 is 2.00 bits per heavy atom. The summed E-state index contributed by atoms with van der Waals surface area (Å²) in [5, 5.41) is 10.2. The van der Waals surface area contributed by atoms with Gasteiger partial charge in [0.15, 0.2) is 5.16 Å². The molecule has 1 unspecified atom stereocenters. The van der Waals surface area contributed by atoms with Crippen molar-refractivity contribution in [3.8, 4) is 11.8 Å². The summed E-state index contributed by atoms with van der Waals surface area (Å²) >= 11 is 1.55. The van der Waals surface area contributed by atoms with E-state index in [1.165, 1.54) is 0 Å². The lowest BCUT2D eigenvalue weighted by molar-refractivity contribution is 0.299. The van der Waals surface area contributed by atoms with Crippen molar-refractivity contribution >= 4 is 17.6 Å². The number of anilines is 1. The van der Waals surface area contributed by atoms with E-state index in [2.05, 4.69) is 29.9 Å². The van der Waals surface area contributed by atoms with Crippen LogP contribution in [0, 0.1) is 18.3 Å². The molecule has 2 N–H and O–H groups in total. The Bertz CT molecular complexity index is 710. The Hall–Kier alpha value is -2.26. The molecular weight excluding hydrogens is 308 g/mol. The van der Waals surface area contributed by atoms with Crippen LogP contribution < -0.4 is 10.5 Å². The van der Waals surface area contributed by atoms with Crippen LogP contribution in [0.4, 0.5) is 5.82 Å². The highest BCUT2D eigenvalue weighted by molar-refractivity contribution is 7.99. The summed E-state index contributed by atoms with van der Waals surface area (Å²) in [7, 11) is 0. The molecule has 0 fully saturated rings. The Labute approximate surface area is 140 Å². The second-order valence-corrected chi connectivity index (χ2v) is 6.67. The lowest BCUT2D eigenvalue weighted by Crippen LogP contribution is -2.09. The highest BCUT2D eigenvalue weighted by atomic mass is 32.2. The van der Waals surface area contributed by atoms with Crippen LogP contribution in [0.25, 0.3) is 0 Å². The number of nitrogen functional groups attached to an aromatic ring is 1. The molecule has 0 aliphatic carbocycles. The van der Waals surface area contributed by atoms with E-state index in [4.69, 9.17) is 10.5 Å². The Morgan fingerprint density at radius 1 is 1.30 bits per heavy atom. The summed E-state index contributed by atoms with van der Waals surface area (Å²) in [5.74, 6) is 0.934. The lowest BCUT2D eigenvalue weighted by atomic mass is 10.2. The van der Waals surface area contributed by atoms with Crippen molar-refractivity contribution in [3.05, 3.63) is 41.1 Å². The van der Waals surface area contributed by atoms with E-state index in [9.17, 15) is 5.26 Å². The van der Waals surface area contributed by atoms with Crippen molar-refractivity contribution in [1.82, 2.24) is 9.97 Å². The van der Waals surface area contributed by atoms with Gasteiger partial charge in [0.1, 0.15) is 35.5 Å². The zero-order valence-corrected chi connectivity index (χ0v) is 14.4. The standard InChI is InChI=1S/C17H20N4OS/c1-4-12(3)23-17-20-15(14(9-18)16(19)21-17)10-22-13-7-5-11(2)6-8-13/h5-8,12H,4,10H2,1-3H3,(H2,19,20,21). The fraction of sp³-hybridized carbons (Fsp3) is 0.353. The van der Waals surface area contributed by atoms with Gasteiger partial charge in [0, 0.05) is 5.25 Å². The molecule has 120 valence electrons. The lowest BCUT2D eigenvalue weighted by Gasteiger charge is -2.12. The third-order valence-corrected chi connectivity index (χ3v) is 4.51. The fourth-order valence-electron chi connectivity index (χ4n) is 1.83. The van der Waals surface area contributed by atoms with E-state index in [-0.39, 0.29) is 18.0 Å². The second-order valence-electron chi connectivity index (χ2n) is 5.26. The van der Waals surface area contributed by atoms with Crippen molar-refractivity contribution < 1.29 is 4.74 Å². The molecule has 0 amide bonds. The quantitative estimate of drug-likeness (QED) is 0.643. The minimum Gasteiger partial charge on any atom is -0.487 e. The van der Waals surface area contributed by atoms with E-state index >= 15 is 0 Å². The van der Waals surface area contributed by atoms with Gasteiger partial charge in [0.2, 0.25) is 0 Å². The highest BCUT2D eigenvalue weighted by Gasteiger charge is 2.15. The predicted molar refractivity (Wildman–Crippen MR) is 92.3 cm³/mol. The average molecular weight is 328 g/mol. The summed E-state index contributed by atoms with van der Waals surface area (Å²) in [6, 6.07) is 9.79. The molecule has 0 saturated carbocycles. The van der Waals surface area contributed by atoms with E-state index in [0.29, 0.717) is 16.1 Å². The molecule has 23 heavy (non-hydrogen) atoms. The van der Waals surface area contributed by atoms with Gasteiger partial charge in [-0.1, -0.05) is 43.3 Å². The summed E-state index contributed by atoms with van der Waals surface area (Å²) in [4.78, 5) is 8.66. The van der Waals surface area contributed by atoms with Crippen LogP contribution in [0.2, 0.25) is 0 Å². The van der Waals surface area contributed by atoms with Gasteiger partial charge in [-0.05, 0) is 25.5 Å². The topological polar surface area (TPSA) is 84.8 Å². The van der Waals surface area contributed by atoms with Crippen LogP contribution in [-0.4, -0.2) is 15.2 Å². The maximum Gasteiger partial charge on any atom is 0.190 e. The number of aryl methyl sites for hydroxylation is 1. The van der Waals surface area contributed by atoms with E-state index in [0.717, 1.165) is 17.7 Å². The first-order valence-corrected chi connectivity index (χ1v) is 8.34. The van der Waals surface area contributed by atoms with Crippen molar-refractivity contribution in [2.45, 2.75) is 44.2 Å². The molecule has 1 heterocycles. The summed E-state index contributed by atoms with van der Waals surface area (Å²) in [5.41, 5.74) is 7.86. The molecule has 0 aliphatic heterocycles. The van der Waals surface area contributed by atoms with Crippen LogP contribution in [0.5, 0.6) is 5.75 Å². The summed E-state index contributed by atoms with van der Waals surface area (Å²) in [6.45, 7) is 6.41. The molecule has 0 spiro atoms. The molecule has 5 nitrogen and oxygen atoms in total. The molecule has 1 aromatic carbocycles. The number of thioether (sulfide) groups is 1. The third-order valence-electron chi connectivity index (χ3n) is 3.38. The van der Waals surface area contributed by atoms with Gasteiger partial charge in [-0.25, -0.2) is 9.97 Å². The average Bonchev–Trinajstić information content (AvgIpc) is 2.54. The molecule has 2 aromatic rings. The summed E-state index contributed by atoms with van der Waals surface area (Å²) in [6.07, 6.45) is 1.00. The van der Waals surface area contributed by atoms with Crippen LogP contribution in [0.15, 0.2) is 29.4 Å². The van der Waals surface area contributed by atoms with Crippen LogP contribution in [0.1, 0.15) is 37.1 Å². The van der Waals surface area contributed by atoms with Gasteiger partial charge < -0.3 is 10.5 Å². The molecule has 1 atom stereocenters. The van der Waals surface area contributed by atoms with E-state index in [1.807, 2.05) is 31.2 Å². The monoisotopic (exact) mass is 328 g/mol. The number of aromatic nitrogens is 2. The van der Waals surface area contributed by atoms with Crippen LogP contribution in [0.3, 0.4) is 0 Å². The van der Waals surface area contributed by atoms with Crippen LogP contribution in [-0.2, 0) is 6.61 Å². The maximum absolute atomic E-state index is 9.28. The number of nitrogens with zero attached hydrogens (tertiary/aromatic N) is 3. The van der Waals surface area contributed by atoms with Gasteiger partial charge in [0.05, 0.1) is 0 Å². The van der Waals surface area contributed by atoms with E-state index in [1.54, 1.807) is 11.8 Å². The first-order valence-electron chi connectivity index (χ1n) is 7.46. The molecule has 0 saturated heterocycles. The molecule has 6 heteroatoms. The van der Waals surface area contributed by atoms with Crippen LogP contribution >= 0.6 is 11.8 Å². The predicted octanol–water partition coefficient (Wildman–Crippen LogP) is 3.71. The minimum absolute atomic E-state index is 0.187. The van der Waals surface area contributed by atoms with E-state index < -0.39 is 0 Å². The normalized spacial score (nSPS) is 11.7. The smallest absolute Gasteiger partial charge is 0.190 e. The second kappa shape index (κ2) is 7.84. The van der Waals surface area contributed by atoms with Gasteiger partial charge in [-0.2, -0.15) is 5.26 Å². The first kappa shape index (κ1) is 17.1. The zero-order chi connectivity index (χ0) is 16.8. The van der Waals surface area contributed by atoms with Crippen molar-refractivity contribution in [2.75, 3.05) is 5.73 Å². The van der Waals surface area contributed by atoms with Gasteiger partial charge >= 0.3 is 0 Å². The molecule has 0 aliphatic rings. The molecule has 0 bridgehead atoms. The minimum atomic E-state index is 0.187. The first-order chi connectivity index (χ1) is 11.0. The number of ether oxygens (including phenoxy) is 1. The fourth-order valence-corrected chi connectivity index (χ4v) is 2.67. The molecule has 2 rings (SSSR count). The van der Waals surface area contributed by atoms with Gasteiger partial charge in [-0.15, -0.1) is 0 Å². The number of benzene rings is 1. The number of nitrogens with two attached hydrogens (primary N) is 1. The Morgan fingerprint density at radius 3 is 2.61 bits per heavy atom. The number of nitriles is 1. The Balaban J connectivity index is 2.21. The van der Waals surface area contributed by atoms with Crippen molar-refractivity contribution in [3.63, 3.8) is 0 Å². The van der Waals surface area contributed by atoms with Crippen molar-refractivity contribution in [1.29, 1.82) is 5.26 Å². The molecule has 1 aromatic heterocycles. The van der Waals surface area contributed by atoms with Gasteiger partial charge in [0.25, 0.3) is 0 Å². The summed E-state index contributed by atoms with van der Waals surface area (Å²) < 4.78 is 5.72. The highest BCUT2D eigenvalue weighted by Crippen LogP contribution is 2.25. The molecule has 0 radical (unpaired) electrons. The van der Waals surface area contributed by atoms with Gasteiger partial charge in [-0.3, -0.25) is 0 Å². The van der Waals surface area contributed by atoms with Crippen molar-refractivity contribution in [2.24, 2.45) is 0 Å². The maximum atomic E-state index is 9.28. The molecular formula is C17H20N4OS. The third kappa shape index (κ3) is 4.60. The Kier molecular flexibility index (Phi) is 5.83. The number of hydrogen-bond donors (Lipinski definition) is 1. The largest absolute Gasteiger partial charge is 0.487 e. The zero-order valence-electron chi connectivity index (χ0n) is 13.5. The number of hydrogen-bond acceptors (Lipinski definition) is 6. The number of rotatable bonds is 6. The SMILES string of the molecule is CCC(C)Sc1nc(N)c(C#N)c(COc2ccc(C)cc2)n1.